The van der Waals surface area contributed by atoms with Crippen molar-refractivity contribution in [1.82, 2.24) is 0 Å². The van der Waals surface area contributed by atoms with Gasteiger partial charge in [0.1, 0.15) is 0 Å². The summed E-state index contributed by atoms with van der Waals surface area (Å²) in [6, 6.07) is 0.387. The second kappa shape index (κ2) is 8.58. The summed E-state index contributed by atoms with van der Waals surface area (Å²) < 4.78 is 0. The number of hydrogen-bond acceptors (Lipinski definition) is 1. The molecule has 2 N–H and O–H groups in total. The van der Waals surface area contributed by atoms with Crippen molar-refractivity contribution in [3.8, 4) is 0 Å². The normalized spacial score (nSPS) is 27.7. The van der Waals surface area contributed by atoms with Crippen molar-refractivity contribution in [2.75, 3.05) is 0 Å². The highest BCUT2D eigenvalue weighted by Gasteiger charge is 2.12. The smallest absolute Gasteiger partial charge is 0.00793 e. The van der Waals surface area contributed by atoms with Gasteiger partial charge >= 0.3 is 0 Å². The molecule has 0 spiro atoms. The minimum Gasteiger partial charge on any atom is -0.327 e. The first-order chi connectivity index (χ1) is 9.36. The van der Waals surface area contributed by atoms with E-state index in [0.29, 0.717) is 6.04 Å². The van der Waals surface area contributed by atoms with E-state index in [1.807, 2.05) is 0 Å². The van der Waals surface area contributed by atoms with E-state index in [4.69, 9.17) is 5.73 Å². The molecule has 0 radical (unpaired) electrons. The predicted octanol–water partition coefficient (Wildman–Crippen LogP) is 5.27. The molecule has 0 fully saturated rings. The highest BCUT2D eigenvalue weighted by Crippen LogP contribution is 2.27. The molecule has 1 atom stereocenters. The van der Waals surface area contributed by atoms with E-state index in [-0.39, 0.29) is 0 Å². The van der Waals surface area contributed by atoms with Crippen molar-refractivity contribution < 1.29 is 0 Å². The first-order valence-corrected chi connectivity index (χ1v) is 8.50. The monoisotopic (exact) mass is 261 g/mol. The third-order valence-electron chi connectivity index (χ3n) is 4.61. The lowest BCUT2D eigenvalue weighted by molar-refractivity contribution is 0.558. The van der Waals surface area contributed by atoms with E-state index in [2.05, 4.69) is 12.2 Å². The summed E-state index contributed by atoms with van der Waals surface area (Å²) in [5, 5.41) is 0. The van der Waals surface area contributed by atoms with Crippen LogP contribution >= 0.6 is 0 Å². The second-order valence-corrected chi connectivity index (χ2v) is 6.37. The van der Waals surface area contributed by atoms with Crippen LogP contribution in [0.25, 0.3) is 0 Å². The zero-order valence-electron chi connectivity index (χ0n) is 12.5. The molecule has 0 aliphatic heterocycles. The summed E-state index contributed by atoms with van der Waals surface area (Å²) in [7, 11) is 0. The molecule has 0 aromatic heterocycles. The molecule has 0 bridgehead atoms. The van der Waals surface area contributed by atoms with Crippen LogP contribution in [0.1, 0.15) is 83.5 Å². The maximum Gasteiger partial charge on any atom is 0.00793 e. The fraction of sp³-hybridized carbons (Fsp3) is 0.778. The van der Waals surface area contributed by atoms with Crippen LogP contribution < -0.4 is 5.73 Å². The fourth-order valence-electron chi connectivity index (χ4n) is 3.39. The highest BCUT2D eigenvalue weighted by molar-refractivity contribution is 5.32. The van der Waals surface area contributed by atoms with Crippen molar-refractivity contribution >= 4 is 0 Å². The van der Waals surface area contributed by atoms with Crippen molar-refractivity contribution in [2.24, 2.45) is 5.73 Å². The topological polar surface area (TPSA) is 26.0 Å². The second-order valence-electron chi connectivity index (χ2n) is 6.37. The lowest BCUT2D eigenvalue weighted by Gasteiger charge is -2.16. The average Bonchev–Trinajstić information content (AvgIpc) is 2.60. The Bertz CT molecular complexity index is 314. The number of hydrogen-bond donors (Lipinski definition) is 1. The van der Waals surface area contributed by atoms with Crippen molar-refractivity contribution in [3.05, 3.63) is 23.3 Å². The van der Waals surface area contributed by atoms with Gasteiger partial charge in [-0.1, -0.05) is 44.3 Å². The van der Waals surface area contributed by atoms with Crippen LogP contribution in [0.5, 0.6) is 0 Å². The standard InChI is InChI=1S/C18H31N/c19-18-14-10-6-5-9-13-17(15-18)16-11-7-3-1-2-4-8-12-16/h11,13,18H,1-10,12,14-15,19H2. The zero-order chi connectivity index (χ0) is 13.3. The van der Waals surface area contributed by atoms with Crippen LogP contribution in [0.2, 0.25) is 0 Å². The van der Waals surface area contributed by atoms with Gasteiger partial charge in [0.05, 0.1) is 0 Å². The Labute approximate surface area is 119 Å². The van der Waals surface area contributed by atoms with Crippen LogP contribution in [0, 0.1) is 0 Å². The molecule has 0 heterocycles. The summed E-state index contributed by atoms with van der Waals surface area (Å²) in [5.41, 5.74) is 9.54. The molecule has 0 saturated heterocycles. The maximum atomic E-state index is 6.30. The number of allylic oxidation sites excluding steroid dienone is 3. The highest BCUT2D eigenvalue weighted by atomic mass is 14.6. The predicted molar refractivity (Wildman–Crippen MR) is 84.2 cm³/mol. The van der Waals surface area contributed by atoms with Gasteiger partial charge in [-0.3, -0.25) is 0 Å². The summed E-state index contributed by atoms with van der Waals surface area (Å²) in [6.07, 6.45) is 22.2. The molecular weight excluding hydrogens is 230 g/mol. The molecule has 1 nitrogen and oxygen atoms in total. The lowest BCUT2D eigenvalue weighted by Crippen LogP contribution is -2.20. The molecule has 108 valence electrons. The largest absolute Gasteiger partial charge is 0.327 e. The van der Waals surface area contributed by atoms with Gasteiger partial charge in [0, 0.05) is 6.04 Å². The third kappa shape index (κ3) is 5.52. The van der Waals surface area contributed by atoms with Crippen molar-refractivity contribution in [1.29, 1.82) is 0 Å². The van der Waals surface area contributed by atoms with E-state index >= 15 is 0 Å². The third-order valence-corrected chi connectivity index (χ3v) is 4.61. The molecule has 0 aromatic carbocycles. The molecule has 1 heteroatoms. The zero-order valence-corrected chi connectivity index (χ0v) is 12.5. The number of nitrogens with two attached hydrogens (primary N) is 1. The van der Waals surface area contributed by atoms with Crippen LogP contribution in [-0.2, 0) is 0 Å². The molecular formula is C18H31N. The Morgan fingerprint density at radius 2 is 1.37 bits per heavy atom. The molecule has 2 aliphatic rings. The van der Waals surface area contributed by atoms with Gasteiger partial charge in [-0.25, -0.2) is 0 Å². The Morgan fingerprint density at radius 1 is 0.737 bits per heavy atom. The quantitative estimate of drug-likeness (QED) is 0.684. The van der Waals surface area contributed by atoms with Crippen molar-refractivity contribution in [3.63, 3.8) is 0 Å². The average molecular weight is 261 g/mol. The Kier molecular flexibility index (Phi) is 6.70. The Hall–Kier alpha value is -0.560. The molecule has 0 saturated carbocycles. The molecule has 19 heavy (non-hydrogen) atoms. The van der Waals surface area contributed by atoms with Gasteiger partial charge < -0.3 is 5.73 Å². The van der Waals surface area contributed by atoms with E-state index in [1.54, 1.807) is 11.1 Å². The lowest BCUT2D eigenvalue weighted by atomic mass is 9.92. The minimum absolute atomic E-state index is 0.387. The van der Waals surface area contributed by atoms with E-state index in [1.165, 1.54) is 77.0 Å². The van der Waals surface area contributed by atoms with Gasteiger partial charge in [0.25, 0.3) is 0 Å². The summed E-state index contributed by atoms with van der Waals surface area (Å²) >= 11 is 0. The summed E-state index contributed by atoms with van der Waals surface area (Å²) in [4.78, 5) is 0. The fourth-order valence-corrected chi connectivity index (χ4v) is 3.39. The van der Waals surface area contributed by atoms with E-state index in [0.717, 1.165) is 6.42 Å². The molecule has 2 rings (SSSR count). The van der Waals surface area contributed by atoms with E-state index in [9.17, 15) is 0 Å². The van der Waals surface area contributed by atoms with E-state index < -0.39 is 0 Å². The van der Waals surface area contributed by atoms with Crippen LogP contribution in [0.4, 0.5) is 0 Å². The number of rotatable bonds is 1. The van der Waals surface area contributed by atoms with Gasteiger partial charge in [-0.15, -0.1) is 0 Å². The van der Waals surface area contributed by atoms with Crippen LogP contribution in [0.3, 0.4) is 0 Å². The molecule has 2 aliphatic carbocycles. The first kappa shape index (κ1) is 14.8. The molecule has 0 aromatic rings. The van der Waals surface area contributed by atoms with Crippen LogP contribution in [-0.4, -0.2) is 6.04 Å². The van der Waals surface area contributed by atoms with Gasteiger partial charge in [-0.05, 0) is 62.5 Å². The summed E-state index contributed by atoms with van der Waals surface area (Å²) in [5.74, 6) is 0. The summed E-state index contributed by atoms with van der Waals surface area (Å²) in [6.45, 7) is 0. The first-order valence-electron chi connectivity index (χ1n) is 8.50. The molecule has 0 amide bonds. The Morgan fingerprint density at radius 3 is 2.21 bits per heavy atom. The Balaban J connectivity index is 2.05. The van der Waals surface area contributed by atoms with Gasteiger partial charge in [0.15, 0.2) is 0 Å². The van der Waals surface area contributed by atoms with Crippen LogP contribution in [0.15, 0.2) is 23.3 Å². The molecule has 1 unspecified atom stereocenters. The SMILES string of the molecule is NC1CCCCCC=C(C2=CCCCCCCC2)C1. The van der Waals surface area contributed by atoms with Gasteiger partial charge in [-0.2, -0.15) is 0 Å². The van der Waals surface area contributed by atoms with Crippen molar-refractivity contribution in [2.45, 2.75) is 89.5 Å². The maximum absolute atomic E-state index is 6.30. The minimum atomic E-state index is 0.387. The van der Waals surface area contributed by atoms with Gasteiger partial charge in [0.2, 0.25) is 0 Å².